The molecule has 0 unspecified atom stereocenters. The fourth-order valence-electron chi connectivity index (χ4n) is 2.82. The van der Waals surface area contributed by atoms with Crippen LogP contribution in [0.2, 0.25) is 0 Å². The van der Waals surface area contributed by atoms with Gasteiger partial charge >= 0.3 is 0 Å². The molecule has 0 fully saturated rings. The number of rotatable bonds is 11. The molecule has 0 amide bonds. The number of pyridine rings is 1. The summed E-state index contributed by atoms with van der Waals surface area (Å²) in [5.74, 6) is 3.10. The minimum atomic E-state index is 0.531. The second-order valence-corrected chi connectivity index (χ2v) is 6.48. The Morgan fingerprint density at radius 1 is 1.03 bits per heavy atom. The van der Waals surface area contributed by atoms with Gasteiger partial charge in [-0.05, 0) is 30.2 Å². The maximum Gasteiger partial charge on any atom is 0.218 e. The topological polar surface area (TPSA) is 86.2 Å². The fraction of sp³-hybridized carbons (Fsp3) is 0.455. The predicted molar refractivity (Wildman–Crippen MR) is 118 cm³/mol. The Hall–Kier alpha value is -3.16. The maximum absolute atomic E-state index is 5.79. The zero-order chi connectivity index (χ0) is 21.8. The molecule has 0 spiro atoms. The normalized spacial score (nSPS) is 11.0. The molecule has 2 aromatic rings. The first-order chi connectivity index (χ1) is 14.7. The van der Waals surface area contributed by atoms with E-state index in [4.69, 9.17) is 18.9 Å². The van der Waals surface area contributed by atoms with Crippen LogP contribution >= 0.6 is 0 Å². The zero-order valence-corrected chi connectivity index (χ0v) is 18.4. The largest absolute Gasteiger partial charge is 0.493 e. The van der Waals surface area contributed by atoms with Crippen LogP contribution in [-0.2, 0) is 13.1 Å². The van der Waals surface area contributed by atoms with Crippen LogP contribution in [0.3, 0.4) is 0 Å². The lowest BCUT2D eigenvalue weighted by molar-refractivity contribution is 0.294. The third kappa shape index (κ3) is 6.43. The number of nitrogens with zero attached hydrogens (tertiary/aromatic N) is 2. The predicted octanol–water partition coefficient (Wildman–Crippen LogP) is 3.15. The van der Waals surface area contributed by atoms with Crippen molar-refractivity contribution < 1.29 is 18.9 Å². The van der Waals surface area contributed by atoms with E-state index in [1.807, 2.05) is 24.3 Å². The van der Waals surface area contributed by atoms with Crippen molar-refractivity contribution >= 4 is 5.96 Å². The van der Waals surface area contributed by atoms with Gasteiger partial charge in [0, 0.05) is 31.9 Å². The number of benzene rings is 1. The van der Waals surface area contributed by atoms with Crippen LogP contribution in [0.5, 0.6) is 23.1 Å². The quantitative estimate of drug-likeness (QED) is 0.331. The van der Waals surface area contributed by atoms with Crippen LogP contribution in [0, 0.1) is 0 Å². The van der Waals surface area contributed by atoms with Gasteiger partial charge < -0.3 is 29.6 Å². The van der Waals surface area contributed by atoms with E-state index in [0.29, 0.717) is 48.8 Å². The third-order valence-corrected chi connectivity index (χ3v) is 4.44. The molecular weight excluding hydrogens is 384 g/mol. The molecule has 0 saturated heterocycles. The average molecular weight is 417 g/mol. The smallest absolute Gasteiger partial charge is 0.218 e. The summed E-state index contributed by atoms with van der Waals surface area (Å²) in [6.07, 6.45) is 3.82. The highest BCUT2D eigenvalue weighted by atomic mass is 16.5. The van der Waals surface area contributed by atoms with E-state index < -0.39 is 0 Å². The van der Waals surface area contributed by atoms with Crippen molar-refractivity contribution in [2.75, 3.05) is 35.0 Å². The van der Waals surface area contributed by atoms with Gasteiger partial charge in [-0.2, -0.15) is 0 Å². The molecule has 30 heavy (non-hydrogen) atoms. The second-order valence-electron chi connectivity index (χ2n) is 6.48. The Balaban J connectivity index is 1.99. The molecule has 0 radical (unpaired) electrons. The van der Waals surface area contributed by atoms with Crippen molar-refractivity contribution in [3.05, 3.63) is 41.6 Å². The molecule has 1 heterocycles. The van der Waals surface area contributed by atoms with E-state index in [1.165, 1.54) is 0 Å². The first kappa shape index (κ1) is 23.1. The summed E-state index contributed by atoms with van der Waals surface area (Å²) in [5, 5.41) is 6.59. The molecule has 1 aromatic carbocycles. The van der Waals surface area contributed by atoms with Gasteiger partial charge in [-0.3, -0.25) is 4.99 Å². The molecule has 0 aliphatic carbocycles. The van der Waals surface area contributed by atoms with E-state index in [0.717, 1.165) is 24.0 Å². The Bertz CT molecular complexity index is 802. The first-order valence-electron chi connectivity index (χ1n) is 9.96. The highest BCUT2D eigenvalue weighted by Crippen LogP contribution is 2.38. The number of aliphatic imine (C=N–C) groups is 1. The van der Waals surface area contributed by atoms with Gasteiger partial charge in [0.05, 0.1) is 27.9 Å². The van der Waals surface area contributed by atoms with Crippen molar-refractivity contribution in [2.24, 2.45) is 4.99 Å². The van der Waals surface area contributed by atoms with Gasteiger partial charge in [0.15, 0.2) is 17.5 Å². The van der Waals surface area contributed by atoms with Crippen molar-refractivity contribution in [3.8, 4) is 23.1 Å². The van der Waals surface area contributed by atoms with Crippen molar-refractivity contribution in [3.63, 3.8) is 0 Å². The van der Waals surface area contributed by atoms with Gasteiger partial charge in [-0.1, -0.05) is 19.4 Å². The maximum atomic E-state index is 5.79. The van der Waals surface area contributed by atoms with E-state index in [1.54, 1.807) is 34.6 Å². The van der Waals surface area contributed by atoms with Crippen LogP contribution in [0.4, 0.5) is 0 Å². The van der Waals surface area contributed by atoms with Gasteiger partial charge in [0.2, 0.25) is 11.6 Å². The summed E-state index contributed by atoms with van der Waals surface area (Å²) in [4.78, 5) is 8.63. The third-order valence-electron chi connectivity index (χ3n) is 4.44. The van der Waals surface area contributed by atoms with Gasteiger partial charge in [0.25, 0.3) is 0 Å². The Kier molecular flexibility index (Phi) is 9.57. The van der Waals surface area contributed by atoms with Crippen molar-refractivity contribution in [2.45, 2.75) is 32.9 Å². The molecular formula is C22H32N4O4. The summed E-state index contributed by atoms with van der Waals surface area (Å²) in [5.41, 5.74) is 1.95. The minimum absolute atomic E-state index is 0.531. The Labute approximate surface area is 178 Å². The van der Waals surface area contributed by atoms with Gasteiger partial charge in [-0.15, -0.1) is 0 Å². The Morgan fingerprint density at radius 2 is 1.73 bits per heavy atom. The lowest BCUT2D eigenvalue weighted by Crippen LogP contribution is -2.36. The second kappa shape index (κ2) is 12.4. The fourth-order valence-corrected chi connectivity index (χ4v) is 2.82. The molecule has 2 rings (SSSR count). The van der Waals surface area contributed by atoms with E-state index >= 15 is 0 Å². The molecule has 0 bridgehead atoms. The number of hydrogen-bond acceptors (Lipinski definition) is 6. The molecule has 8 heteroatoms. The van der Waals surface area contributed by atoms with Crippen LogP contribution in [0.25, 0.3) is 0 Å². The van der Waals surface area contributed by atoms with Gasteiger partial charge in [-0.25, -0.2) is 4.98 Å². The number of ether oxygens (including phenoxy) is 4. The number of aromatic nitrogens is 1. The van der Waals surface area contributed by atoms with E-state index in [-0.39, 0.29) is 0 Å². The highest BCUT2D eigenvalue weighted by molar-refractivity contribution is 5.79. The monoisotopic (exact) mass is 416 g/mol. The summed E-state index contributed by atoms with van der Waals surface area (Å²) in [7, 11) is 6.52. The van der Waals surface area contributed by atoms with E-state index in [2.05, 4.69) is 27.5 Å². The lowest BCUT2D eigenvalue weighted by Gasteiger charge is -2.16. The summed E-state index contributed by atoms with van der Waals surface area (Å²) >= 11 is 0. The van der Waals surface area contributed by atoms with E-state index in [9.17, 15) is 0 Å². The molecule has 2 N–H and O–H groups in total. The molecule has 0 aliphatic heterocycles. The molecule has 0 atom stereocenters. The number of unbranched alkanes of at least 4 members (excludes halogenated alkanes) is 1. The zero-order valence-electron chi connectivity index (χ0n) is 18.4. The average Bonchev–Trinajstić information content (AvgIpc) is 2.79. The van der Waals surface area contributed by atoms with Crippen molar-refractivity contribution in [1.82, 2.24) is 15.6 Å². The molecule has 164 valence electrons. The number of nitrogens with one attached hydrogen (secondary N) is 2. The highest BCUT2D eigenvalue weighted by Gasteiger charge is 2.13. The Morgan fingerprint density at radius 3 is 2.33 bits per heavy atom. The number of methoxy groups -OCH3 is 3. The van der Waals surface area contributed by atoms with Crippen LogP contribution in [-0.4, -0.2) is 45.9 Å². The number of guanidine groups is 1. The first-order valence-corrected chi connectivity index (χ1v) is 9.96. The molecule has 1 aromatic heterocycles. The van der Waals surface area contributed by atoms with Crippen LogP contribution in [0.15, 0.2) is 35.5 Å². The van der Waals surface area contributed by atoms with Crippen LogP contribution in [0.1, 0.15) is 30.9 Å². The summed E-state index contributed by atoms with van der Waals surface area (Å²) in [6, 6.07) is 7.70. The SMILES string of the molecule is CCCCOc1ncccc1CNC(=NC)NCc1cc(OC)c(OC)c(OC)c1. The van der Waals surface area contributed by atoms with Crippen LogP contribution < -0.4 is 29.6 Å². The standard InChI is InChI=1S/C22H32N4O4/c1-6-7-11-30-21-17(9-8-10-24-21)15-26-22(23-2)25-14-16-12-18(27-3)20(29-5)19(13-16)28-4/h8-10,12-13H,6-7,11,14-15H2,1-5H3,(H2,23,25,26). The van der Waals surface area contributed by atoms with Gasteiger partial charge in [0.1, 0.15) is 0 Å². The van der Waals surface area contributed by atoms with Crippen molar-refractivity contribution in [1.29, 1.82) is 0 Å². The lowest BCUT2D eigenvalue weighted by atomic mass is 10.2. The molecule has 8 nitrogen and oxygen atoms in total. The minimum Gasteiger partial charge on any atom is -0.493 e. The summed E-state index contributed by atoms with van der Waals surface area (Å²) in [6.45, 7) is 3.87. The summed E-state index contributed by atoms with van der Waals surface area (Å²) < 4.78 is 22.0. The molecule has 0 saturated carbocycles. The molecule has 0 aliphatic rings. The number of hydrogen-bond donors (Lipinski definition) is 2.